The molecule has 3 aliphatic heterocycles. The Balaban J connectivity index is 1.37. The zero-order chi connectivity index (χ0) is 15.7. The first kappa shape index (κ1) is 15.2. The summed E-state index contributed by atoms with van der Waals surface area (Å²) in [6.07, 6.45) is 8.44. The highest BCUT2D eigenvalue weighted by Gasteiger charge is 2.43. The highest BCUT2D eigenvalue weighted by molar-refractivity contribution is 5.91. The van der Waals surface area contributed by atoms with Crippen molar-refractivity contribution in [2.45, 2.75) is 50.2 Å². The SMILES string of the molecule is O=C(c1ccco1)N1CCC2(CC1)CC(N1CCCC1)CCO2. The van der Waals surface area contributed by atoms with Gasteiger partial charge in [-0.3, -0.25) is 4.79 Å². The fraction of sp³-hybridized carbons (Fsp3) is 0.722. The standard InChI is InChI=1S/C18H26N2O3/c21-17(16-4-3-12-22-16)20-10-6-18(7-11-20)14-15(5-13-23-18)19-8-1-2-9-19/h3-4,12,15H,1-2,5-11,13-14H2. The summed E-state index contributed by atoms with van der Waals surface area (Å²) in [7, 11) is 0. The van der Waals surface area contributed by atoms with Crippen LogP contribution < -0.4 is 0 Å². The minimum atomic E-state index is -0.00848. The Morgan fingerprint density at radius 3 is 2.65 bits per heavy atom. The largest absolute Gasteiger partial charge is 0.459 e. The number of carbonyl (C=O) groups excluding carboxylic acids is 1. The Labute approximate surface area is 137 Å². The van der Waals surface area contributed by atoms with Crippen LogP contribution in [0.15, 0.2) is 22.8 Å². The first-order chi connectivity index (χ1) is 11.3. The second-order valence-corrected chi connectivity index (χ2v) is 7.19. The molecule has 3 saturated heterocycles. The molecular formula is C18H26N2O3. The Bertz CT molecular complexity index is 528. The van der Waals surface area contributed by atoms with Crippen LogP contribution >= 0.6 is 0 Å². The monoisotopic (exact) mass is 318 g/mol. The Morgan fingerprint density at radius 2 is 1.96 bits per heavy atom. The number of piperidine rings is 1. The fourth-order valence-electron chi connectivity index (χ4n) is 4.44. The maximum absolute atomic E-state index is 12.4. The Hall–Kier alpha value is -1.33. The van der Waals surface area contributed by atoms with Crippen molar-refractivity contribution in [2.24, 2.45) is 0 Å². The minimum absolute atomic E-state index is 0.00848. The van der Waals surface area contributed by atoms with Gasteiger partial charge in [-0.2, -0.15) is 0 Å². The molecule has 0 radical (unpaired) electrons. The predicted octanol–water partition coefficient (Wildman–Crippen LogP) is 2.53. The number of nitrogens with zero attached hydrogens (tertiary/aromatic N) is 2. The molecule has 5 heteroatoms. The van der Waals surface area contributed by atoms with Crippen LogP contribution in [0.5, 0.6) is 0 Å². The van der Waals surface area contributed by atoms with Crippen molar-refractivity contribution < 1.29 is 13.9 Å². The van der Waals surface area contributed by atoms with Gasteiger partial charge in [0.1, 0.15) is 0 Å². The van der Waals surface area contributed by atoms with Crippen molar-refractivity contribution in [3.05, 3.63) is 24.2 Å². The molecule has 0 N–H and O–H groups in total. The lowest BCUT2D eigenvalue weighted by Crippen LogP contribution is -2.54. The highest BCUT2D eigenvalue weighted by atomic mass is 16.5. The summed E-state index contributed by atoms with van der Waals surface area (Å²) in [6.45, 7) is 4.92. The molecule has 3 aliphatic rings. The molecule has 4 rings (SSSR count). The van der Waals surface area contributed by atoms with Crippen LogP contribution in [0.2, 0.25) is 0 Å². The van der Waals surface area contributed by atoms with Crippen LogP contribution in [0, 0.1) is 0 Å². The quantitative estimate of drug-likeness (QED) is 0.840. The molecule has 0 saturated carbocycles. The van der Waals surface area contributed by atoms with E-state index in [-0.39, 0.29) is 11.5 Å². The Morgan fingerprint density at radius 1 is 1.17 bits per heavy atom. The van der Waals surface area contributed by atoms with Gasteiger partial charge in [0, 0.05) is 25.7 Å². The molecule has 0 bridgehead atoms. The molecule has 5 nitrogen and oxygen atoms in total. The number of hydrogen-bond donors (Lipinski definition) is 0. The molecule has 1 aromatic heterocycles. The summed E-state index contributed by atoms with van der Waals surface area (Å²) in [6, 6.07) is 4.19. The van der Waals surface area contributed by atoms with Gasteiger partial charge in [-0.05, 0) is 63.7 Å². The third-order valence-electron chi connectivity index (χ3n) is 5.82. The smallest absolute Gasteiger partial charge is 0.289 e. The minimum Gasteiger partial charge on any atom is -0.459 e. The van der Waals surface area contributed by atoms with Crippen molar-refractivity contribution in [1.29, 1.82) is 0 Å². The molecule has 1 atom stereocenters. The lowest BCUT2D eigenvalue weighted by Gasteiger charge is -2.47. The predicted molar refractivity (Wildman–Crippen MR) is 86.4 cm³/mol. The van der Waals surface area contributed by atoms with Crippen LogP contribution in [-0.2, 0) is 4.74 Å². The van der Waals surface area contributed by atoms with E-state index in [0.29, 0.717) is 11.8 Å². The lowest BCUT2D eigenvalue weighted by molar-refractivity contribution is -0.128. The van der Waals surface area contributed by atoms with E-state index < -0.39 is 0 Å². The van der Waals surface area contributed by atoms with Gasteiger partial charge in [0.2, 0.25) is 0 Å². The first-order valence-electron chi connectivity index (χ1n) is 8.97. The number of ether oxygens (including phenoxy) is 1. The molecule has 0 aliphatic carbocycles. The van der Waals surface area contributed by atoms with E-state index in [1.807, 2.05) is 4.90 Å². The topological polar surface area (TPSA) is 45.9 Å². The molecule has 1 amide bonds. The summed E-state index contributed by atoms with van der Waals surface area (Å²) in [5.74, 6) is 0.456. The first-order valence-corrected chi connectivity index (χ1v) is 8.97. The van der Waals surface area contributed by atoms with Gasteiger partial charge in [-0.15, -0.1) is 0 Å². The molecule has 0 aromatic carbocycles. The number of furan rings is 1. The summed E-state index contributed by atoms with van der Waals surface area (Å²) in [4.78, 5) is 17.0. The van der Waals surface area contributed by atoms with Gasteiger partial charge in [-0.25, -0.2) is 0 Å². The van der Waals surface area contributed by atoms with E-state index in [1.165, 1.54) is 25.9 Å². The summed E-state index contributed by atoms with van der Waals surface area (Å²) in [5, 5.41) is 0. The number of likely N-dealkylation sites (tertiary alicyclic amines) is 2. The van der Waals surface area contributed by atoms with E-state index in [9.17, 15) is 4.79 Å². The number of amides is 1. The van der Waals surface area contributed by atoms with E-state index >= 15 is 0 Å². The lowest BCUT2D eigenvalue weighted by atomic mass is 9.82. The van der Waals surface area contributed by atoms with Gasteiger partial charge in [0.05, 0.1) is 11.9 Å². The van der Waals surface area contributed by atoms with E-state index in [0.717, 1.165) is 45.4 Å². The van der Waals surface area contributed by atoms with Crippen LogP contribution in [0.3, 0.4) is 0 Å². The summed E-state index contributed by atoms with van der Waals surface area (Å²) < 4.78 is 11.5. The second-order valence-electron chi connectivity index (χ2n) is 7.19. The van der Waals surface area contributed by atoms with Gasteiger partial charge < -0.3 is 19.0 Å². The molecule has 1 unspecified atom stereocenters. The van der Waals surface area contributed by atoms with Crippen molar-refractivity contribution in [3.8, 4) is 0 Å². The molecule has 126 valence electrons. The summed E-state index contributed by atoms with van der Waals surface area (Å²) >= 11 is 0. The Kier molecular flexibility index (Phi) is 4.16. The molecule has 1 aromatic rings. The van der Waals surface area contributed by atoms with Crippen molar-refractivity contribution in [3.63, 3.8) is 0 Å². The molecule has 1 spiro atoms. The van der Waals surface area contributed by atoms with Crippen LogP contribution in [0.4, 0.5) is 0 Å². The third-order valence-corrected chi connectivity index (χ3v) is 5.82. The maximum atomic E-state index is 12.4. The highest BCUT2D eigenvalue weighted by Crippen LogP contribution is 2.37. The average molecular weight is 318 g/mol. The fourth-order valence-corrected chi connectivity index (χ4v) is 4.44. The maximum Gasteiger partial charge on any atom is 0.289 e. The zero-order valence-corrected chi connectivity index (χ0v) is 13.7. The van der Waals surface area contributed by atoms with Crippen molar-refractivity contribution in [2.75, 3.05) is 32.8 Å². The normalized spacial score (nSPS) is 28.3. The van der Waals surface area contributed by atoms with Gasteiger partial charge >= 0.3 is 0 Å². The second kappa shape index (κ2) is 6.29. The van der Waals surface area contributed by atoms with Crippen LogP contribution in [0.25, 0.3) is 0 Å². The van der Waals surface area contributed by atoms with Gasteiger partial charge in [0.15, 0.2) is 5.76 Å². The number of carbonyl (C=O) groups is 1. The van der Waals surface area contributed by atoms with E-state index in [4.69, 9.17) is 9.15 Å². The molecular weight excluding hydrogens is 292 g/mol. The van der Waals surface area contributed by atoms with Crippen molar-refractivity contribution in [1.82, 2.24) is 9.80 Å². The zero-order valence-electron chi connectivity index (χ0n) is 13.7. The summed E-state index contributed by atoms with van der Waals surface area (Å²) in [5.41, 5.74) is -0.00848. The van der Waals surface area contributed by atoms with Crippen LogP contribution in [0.1, 0.15) is 49.1 Å². The van der Waals surface area contributed by atoms with Gasteiger partial charge in [0.25, 0.3) is 5.91 Å². The van der Waals surface area contributed by atoms with Gasteiger partial charge in [-0.1, -0.05) is 0 Å². The number of rotatable bonds is 2. The third kappa shape index (κ3) is 3.04. The van der Waals surface area contributed by atoms with E-state index in [1.54, 1.807) is 18.4 Å². The van der Waals surface area contributed by atoms with Crippen LogP contribution in [-0.4, -0.2) is 60.1 Å². The van der Waals surface area contributed by atoms with Crippen molar-refractivity contribution >= 4 is 5.91 Å². The molecule has 4 heterocycles. The average Bonchev–Trinajstić information content (AvgIpc) is 3.29. The number of hydrogen-bond acceptors (Lipinski definition) is 4. The van der Waals surface area contributed by atoms with E-state index in [2.05, 4.69) is 4.90 Å². The molecule has 3 fully saturated rings. The molecule has 23 heavy (non-hydrogen) atoms.